The van der Waals surface area contributed by atoms with E-state index < -0.39 is 5.41 Å². The van der Waals surface area contributed by atoms with E-state index in [2.05, 4.69) is 15.6 Å². The second-order valence-corrected chi connectivity index (χ2v) is 6.61. The van der Waals surface area contributed by atoms with Gasteiger partial charge in [0.1, 0.15) is 0 Å². The number of aromatic nitrogens is 1. The first-order valence-electron chi connectivity index (χ1n) is 6.23. The molecule has 1 heterocycles. The van der Waals surface area contributed by atoms with Crippen molar-refractivity contribution in [3.63, 3.8) is 0 Å². The van der Waals surface area contributed by atoms with Crippen LogP contribution in [0.4, 0.5) is 5.13 Å². The fraction of sp³-hybridized carbons (Fsp3) is 0.615. The molecule has 0 spiro atoms. The van der Waals surface area contributed by atoms with Crippen molar-refractivity contribution in [1.29, 1.82) is 0 Å². The number of rotatable bonds is 4. The third kappa shape index (κ3) is 5.38. The van der Waals surface area contributed by atoms with Crippen LogP contribution >= 0.6 is 11.3 Å². The molecule has 2 amide bonds. The van der Waals surface area contributed by atoms with E-state index in [-0.39, 0.29) is 24.3 Å². The molecule has 5 nitrogen and oxygen atoms in total. The summed E-state index contributed by atoms with van der Waals surface area (Å²) in [6.45, 7) is 9.34. The van der Waals surface area contributed by atoms with Crippen LogP contribution in [0.2, 0.25) is 0 Å². The Hall–Kier alpha value is -1.43. The molecule has 6 heteroatoms. The molecule has 19 heavy (non-hydrogen) atoms. The van der Waals surface area contributed by atoms with Crippen LogP contribution in [0, 0.1) is 5.41 Å². The Kier molecular flexibility index (Phi) is 5.05. The monoisotopic (exact) mass is 283 g/mol. The minimum Gasteiger partial charge on any atom is -0.354 e. The Morgan fingerprint density at radius 2 is 2.00 bits per heavy atom. The molecule has 0 atom stereocenters. The molecule has 0 aliphatic carbocycles. The highest BCUT2D eigenvalue weighted by Gasteiger charge is 2.22. The van der Waals surface area contributed by atoms with E-state index in [9.17, 15) is 9.59 Å². The highest BCUT2D eigenvalue weighted by atomic mass is 32.1. The number of amides is 2. The third-order valence-corrected chi connectivity index (χ3v) is 3.05. The Morgan fingerprint density at radius 1 is 1.37 bits per heavy atom. The van der Waals surface area contributed by atoms with Crippen molar-refractivity contribution < 1.29 is 9.59 Å². The summed E-state index contributed by atoms with van der Waals surface area (Å²) in [5.41, 5.74) is 0.216. The minimum atomic E-state index is -0.457. The van der Waals surface area contributed by atoms with Crippen molar-refractivity contribution in [3.05, 3.63) is 11.1 Å². The Bertz CT molecular complexity index is 461. The van der Waals surface area contributed by atoms with Gasteiger partial charge in [-0.25, -0.2) is 4.98 Å². The summed E-state index contributed by atoms with van der Waals surface area (Å²) in [7, 11) is 0. The Labute approximate surface area is 117 Å². The van der Waals surface area contributed by atoms with Gasteiger partial charge in [-0.2, -0.15) is 0 Å². The first kappa shape index (κ1) is 15.6. The van der Waals surface area contributed by atoms with Crippen molar-refractivity contribution >= 4 is 28.3 Å². The van der Waals surface area contributed by atoms with Crippen LogP contribution in [0.25, 0.3) is 0 Å². The molecule has 106 valence electrons. The molecular formula is C13H21N3O2S. The van der Waals surface area contributed by atoms with E-state index in [1.807, 2.05) is 34.6 Å². The van der Waals surface area contributed by atoms with Crippen LogP contribution in [0.3, 0.4) is 0 Å². The summed E-state index contributed by atoms with van der Waals surface area (Å²) in [6.07, 6.45) is 0.236. The summed E-state index contributed by atoms with van der Waals surface area (Å²) in [5, 5.41) is 7.88. The summed E-state index contributed by atoms with van der Waals surface area (Å²) < 4.78 is 0. The second-order valence-electron chi connectivity index (χ2n) is 5.75. The maximum atomic E-state index is 11.8. The number of hydrogen-bond donors (Lipinski definition) is 2. The van der Waals surface area contributed by atoms with Crippen molar-refractivity contribution in [2.24, 2.45) is 5.41 Å². The summed E-state index contributed by atoms with van der Waals surface area (Å²) >= 11 is 1.33. The van der Waals surface area contributed by atoms with E-state index >= 15 is 0 Å². The van der Waals surface area contributed by atoms with Gasteiger partial charge in [-0.3, -0.25) is 9.59 Å². The highest BCUT2D eigenvalue weighted by molar-refractivity contribution is 7.13. The Morgan fingerprint density at radius 3 is 2.53 bits per heavy atom. The number of hydrogen-bond acceptors (Lipinski definition) is 4. The number of thiazole rings is 1. The SMILES string of the molecule is CC(C)NC(=O)Cc1csc(NC(=O)C(C)(C)C)n1. The summed E-state index contributed by atoms with van der Waals surface area (Å²) in [6, 6.07) is 0.117. The number of anilines is 1. The predicted octanol–water partition coefficient (Wildman–Crippen LogP) is 2.19. The predicted molar refractivity (Wildman–Crippen MR) is 77.2 cm³/mol. The van der Waals surface area contributed by atoms with Gasteiger partial charge in [-0.1, -0.05) is 20.8 Å². The van der Waals surface area contributed by atoms with Crippen LogP contribution in [-0.4, -0.2) is 22.8 Å². The number of nitrogens with zero attached hydrogens (tertiary/aromatic N) is 1. The normalized spacial score (nSPS) is 11.5. The molecule has 0 aromatic carbocycles. The molecule has 2 N–H and O–H groups in total. The molecule has 1 aromatic rings. The fourth-order valence-electron chi connectivity index (χ4n) is 1.27. The van der Waals surface area contributed by atoms with Gasteiger partial charge in [0.05, 0.1) is 12.1 Å². The maximum absolute atomic E-state index is 11.8. The molecule has 0 saturated heterocycles. The van der Waals surface area contributed by atoms with Gasteiger partial charge < -0.3 is 10.6 Å². The first-order valence-corrected chi connectivity index (χ1v) is 7.11. The van der Waals surface area contributed by atoms with Crippen molar-refractivity contribution in [3.8, 4) is 0 Å². The Balaban J connectivity index is 2.58. The zero-order valence-electron chi connectivity index (χ0n) is 12.0. The number of carbonyl (C=O) groups is 2. The van der Waals surface area contributed by atoms with Crippen LogP contribution in [0.15, 0.2) is 5.38 Å². The molecule has 1 rings (SSSR count). The average molecular weight is 283 g/mol. The quantitative estimate of drug-likeness (QED) is 0.890. The first-order chi connectivity index (χ1) is 8.68. The molecular weight excluding hydrogens is 262 g/mol. The lowest BCUT2D eigenvalue weighted by atomic mass is 9.96. The van der Waals surface area contributed by atoms with E-state index in [1.165, 1.54) is 11.3 Å². The van der Waals surface area contributed by atoms with Gasteiger partial charge in [-0.05, 0) is 13.8 Å². The van der Waals surface area contributed by atoms with Crippen molar-refractivity contribution in [2.45, 2.75) is 47.1 Å². The molecule has 0 aliphatic rings. The largest absolute Gasteiger partial charge is 0.354 e. The van der Waals surface area contributed by atoms with Gasteiger partial charge >= 0.3 is 0 Å². The van der Waals surface area contributed by atoms with E-state index in [0.717, 1.165) is 0 Å². The zero-order valence-corrected chi connectivity index (χ0v) is 12.9. The fourth-order valence-corrected chi connectivity index (χ4v) is 1.97. The molecule has 1 aromatic heterocycles. The third-order valence-electron chi connectivity index (χ3n) is 2.24. The smallest absolute Gasteiger partial charge is 0.231 e. The topological polar surface area (TPSA) is 71.1 Å². The van der Waals surface area contributed by atoms with E-state index in [4.69, 9.17) is 0 Å². The van der Waals surface area contributed by atoms with Crippen LogP contribution in [0.1, 0.15) is 40.3 Å². The average Bonchev–Trinajstić information content (AvgIpc) is 2.62. The number of nitrogens with one attached hydrogen (secondary N) is 2. The van der Waals surface area contributed by atoms with Gasteiger partial charge in [-0.15, -0.1) is 11.3 Å². The van der Waals surface area contributed by atoms with Crippen LogP contribution in [-0.2, 0) is 16.0 Å². The zero-order chi connectivity index (χ0) is 14.6. The lowest BCUT2D eigenvalue weighted by molar-refractivity contribution is -0.123. The lowest BCUT2D eigenvalue weighted by Gasteiger charge is -2.15. The van der Waals surface area contributed by atoms with E-state index in [0.29, 0.717) is 10.8 Å². The van der Waals surface area contributed by atoms with Crippen LogP contribution in [0.5, 0.6) is 0 Å². The second kappa shape index (κ2) is 6.14. The number of carbonyl (C=O) groups excluding carboxylic acids is 2. The molecule has 0 bridgehead atoms. The molecule has 0 aliphatic heterocycles. The van der Waals surface area contributed by atoms with Crippen molar-refractivity contribution in [1.82, 2.24) is 10.3 Å². The maximum Gasteiger partial charge on any atom is 0.231 e. The molecule has 0 radical (unpaired) electrons. The van der Waals surface area contributed by atoms with Gasteiger partial charge in [0, 0.05) is 16.8 Å². The molecule has 0 unspecified atom stereocenters. The summed E-state index contributed by atoms with van der Waals surface area (Å²) in [5.74, 6) is -0.144. The molecule has 0 saturated carbocycles. The van der Waals surface area contributed by atoms with E-state index in [1.54, 1.807) is 5.38 Å². The highest BCUT2D eigenvalue weighted by Crippen LogP contribution is 2.20. The minimum absolute atomic E-state index is 0.0611. The standard InChI is InChI=1S/C13H21N3O2S/c1-8(2)14-10(17)6-9-7-19-12(15-9)16-11(18)13(3,4)5/h7-8H,6H2,1-5H3,(H,14,17)(H,15,16,18). The van der Waals surface area contributed by atoms with Crippen molar-refractivity contribution in [2.75, 3.05) is 5.32 Å². The van der Waals surface area contributed by atoms with Gasteiger partial charge in [0.15, 0.2) is 5.13 Å². The summed E-state index contributed by atoms with van der Waals surface area (Å²) in [4.78, 5) is 27.6. The van der Waals surface area contributed by atoms with Gasteiger partial charge in [0.25, 0.3) is 0 Å². The van der Waals surface area contributed by atoms with Crippen LogP contribution < -0.4 is 10.6 Å². The van der Waals surface area contributed by atoms with Gasteiger partial charge in [0.2, 0.25) is 11.8 Å². The lowest BCUT2D eigenvalue weighted by Crippen LogP contribution is -2.31. The molecule has 0 fully saturated rings.